The van der Waals surface area contributed by atoms with Crippen molar-refractivity contribution in [1.82, 2.24) is 5.32 Å². The number of hydrogen-bond donors (Lipinski definition) is 1. The number of carbonyl (C=O) groups is 1. The SMILES string of the molecule is C=CCNCc1ccc(C(C)=O)cc1. The fraction of sp³-hybridized carbons (Fsp3) is 0.250. The van der Waals surface area contributed by atoms with Gasteiger partial charge in [-0.1, -0.05) is 30.3 Å². The second-order valence-corrected chi connectivity index (χ2v) is 3.17. The molecule has 0 fully saturated rings. The first-order valence-electron chi connectivity index (χ1n) is 4.65. The number of carbonyl (C=O) groups excluding carboxylic acids is 1. The smallest absolute Gasteiger partial charge is 0.159 e. The van der Waals surface area contributed by atoms with E-state index in [-0.39, 0.29) is 5.78 Å². The summed E-state index contributed by atoms with van der Waals surface area (Å²) in [5.41, 5.74) is 1.94. The van der Waals surface area contributed by atoms with Crippen LogP contribution < -0.4 is 5.32 Å². The Kier molecular flexibility index (Phi) is 4.08. The molecule has 0 aliphatic rings. The van der Waals surface area contributed by atoms with Crippen LogP contribution in [-0.2, 0) is 6.54 Å². The van der Waals surface area contributed by atoms with Gasteiger partial charge in [-0.15, -0.1) is 6.58 Å². The van der Waals surface area contributed by atoms with Crippen molar-refractivity contribution < 1.29 is 4.79 Å². The number of ketones is 1. The van der Waals surface area contributed by atoms with Gasteiger partial charge in [-0.25, -0.2) is 0 Å². The summed E-state index contributed by atoms with van der Waals surface area (Å²) < 4.78 is 0. The zero-order valence-electron chi connectivity index (χ0n) is 8.42. The van der Waals surface area contributed by atoms with E-state index in [2.05, 4.69) is 11.9 Å². The molecule has 2 nitrogen and oxygen atoms in total. The summed E-state index contributed by atoms with van der Waals surface area (Å²) in [7, 11) is 0. The Balaban J connectivity index is 2.55. The van der Waals surface area contributed by atoms with Gasteiger partial charge in [0.1, 0.15) is 0 Å². The summed E-state index contributed by atoms with van der Waals surface area (Å²) in [5, 5.41) is 3.20. The first-order valence-corrected chi connectivity index (χ1v) is 4.65. The van der Waals surface area contributed by atoms with E-state index in [1.165, 1.54) is 5.56 Å². The molecule has 1 rings (SSSR count). The molecule has 0 amide bonds. The number of hydrogen-bond acceptors (Lipinski definition) is 2. The topological polar surface area (TPSA) is 29.1 Å². The lowest BCUT2D eigenvalue weighted by Gasteiger charge is -2.02. The molecule has 0 unspecified atom stereocenters. The molecule has 2 heteroatoms. The van der Waals surface area contributed by atoms with E-state index >= 15 is 0 Å². The Morgan fingerprint density at radius 2 is 2.07 bits per heavy atom. The van der Waals surface area contributed by atoms with Gasteiger partial charge in [-0.05, 0) is 12.5 Å². The lowest BCUT2D eigenvalue weighted by atomic mass is 10.1. The van der Waals surface area contributed by atoms with Gasteiger partial charge in [0.15, 0.2) is 5.78 Å². The highest BCUT2D eigenvalue weighted by molar-refractivity contribution is 5.93. The Hall–Kier alpha value is -1.41. The Labute approximate surface area is 84.6 Å². The van der Waals surface area contributed by atoms with Crippen molar-refractivity contribution in [2.24, 2.45) is 0 Å². The van der Waals surface area contributed by atoms with E-state index in [9.17, 15) is 4.79 Å². The van der Waals surface area contributed by atoms with Crippen molar-refractivity contribution in [2.45, 2.75) is 13.5 Å². The second kappa shape index (κ2) is 5.35. The Bertz CT molecular complexity index is 314. The van der Waals surface area contributed by atoms with E-state index in [1.54, 1.807) is 6.92 Å². The van der Waals surface area contributed by atoms with Crippen LogP contribution in [-0.4, -0.2) is 12.3 Å². The Morgan fingerprint density at radius 3 is 2.57 bits per heavy atom. The van der Waals surface area contributed by atoms with Crippen LogP contribution in [0.2, 0.25) is 0 Å². The number of Topliss-reactive ketones (excluding diaryl/α,β-unsaturated/α-hetero) is 1. The maximum atomic E-state index is 11.0. The summed E-state index contributed by atoms with van der Waals surface area (Å²) in [6, 6.07) is 7.64. The van der Waals surface area contributed by atoms with Crippen LogP contribution in [0.25, 0.3) is 0 Å². The predicted octanol–water partition coefficient (Wildman–Crippen LogP) is 2.16. The summed E-state index contributed by atoms with van der Waals surface area (Å²) in [5.74, 6) is 0.107. The number of rotatable bonds is 5. The highest BCUT2D eigenvalue weighted by Crippen LogP contribution is 2.04. The third-order valence-electron chi connectivity index (χ3n) is 1.98. The minimum atomic E-state index is 0.107. The van der Waals surface area contributed by atoms with Gasteiger partial charge in [0.2, 0.25) is 0 Å². The van der Waals surface area contributed by atoms with Crippen molar-refractivity contribution in [3.63, 3.8) is 0 Å². The summed E-state index contributed by atoms with van der Waals surface area (Å²) >= 11 is 0. The van der Waals surface area contributed by atoms with Crippen molar-refractivity contribution in [2.75, 3.05) is 6.54 Å². The third-order valence-corrected chi connectivity index (χ3v) is 1.98. The van der Waals surface area contributed by atoms with E-state index in [0.717, 1.165) is 18.7 Å². The average molecular weight is 189 g/mol. The minimum Gasteiger partial charge on any atom is -0.309 e. The fourth-order valence-electron chi connectivity index (χ4n) is 1.18. The van der Waals surface area contributed by atoms with Crippen molar-refractivity contribution >= 4 is 5.78 Å². The van der Waals surface area contributed by atoms with Gasteiger partial charge >= 0.3 is 0 Å². The average Bonchev–Trinajstić information content (AvgIpc) is 2.19. The first kappa shape index (κ1) is 10.7. The molecule has 0 bridgehead atoms. The minimum absolute atomic E-state index is 0.107. The standard InChI is InChI=1S/C12H15NO/c1-3-8-13-9-11-4-6-12(7-5-11)10(2)14/h3-7,13H,1,8-9H2,2H3. The van der Waals surface area contributed by atoms with Crippen LogP contribution in [0.3, 0.4) is 0 Å². The maximum absolute atomic E-state index is 11.0. The molecule has 0 heterocycles. The summed E-state index contributed by atoms with van der Waals surface area (Å²) in [6.07, 6.45) is 1.82. The lowest BCUT2D eigenvalue weighted by molar-refractivity contribution is 0.101. The van der Waals surface area contributed by atoms with E-state index < -0.39 is 0 Å². The molecule has 0 radical (unpaired) electrons. The number of benzene rings is 1. The zero-order chi connectivity index (χ0) is 10.4. The molecule has 1 N–H and O–H groups in total. The van der Waals surface area contributed by atoms with E-state index in [1.807, 2.05) is 30.3 Å². The molecule has 0 atom stereocenters. The Morgan fingerprint density at radius 1 is 1.43 bits per heavy atom. The van der Waals surface area contributed by atoms with E-state index in [0.29, 0.717) is 0 Å². The molecule has 0 saturated heterocycles. The first-order chi connectivity index (χ1) is 6.74. The quantitative estimate of drug-likeness (QED) is 0.437. The molecular weight excluding hydrogens is 174 g/mol. The van der Waals surface area contributed by atoms with Crippen LogP contribution in [0.1, 0.15) is 22.8 Å². The van der Waals surface area contributed by atoms with Crippen molar-refractivity contribution in [3.05, 3.63) is 48.0 Å². The van der Waals surface area contributed by atoms with Crippen LogP contribution >= 0.6 is 0 Å². The van der Waals surface area contributed by atoms with Crippen molar-refractivity contribution in [1.29, 1.82) is 0 Å². The third kappa shape index (κ3) is 3.15. The van der Waals surface area contributed by atoms with Gasteiger partial charge in [-0.3, -0.25) is 4.79 Å². The van der Waals surface area contributed by atoms with Crippen LogP contribution in [0, 0.1) is 0 Å². The molecule has 14 heavy (non-hydrogen) atoms. The van der Waals surface area contributed by atoms with Gasteiger partial charge in [0.25, 0.3) is 0 Å². The highest BCUT2D eigenvalue weighted by atomic mass is 16.1. The molecule has 1 aromatic rings. The molecule has 1 aromatic carbocycles. The number of nitrogens with one attached hydrogen (secondary N) is 1. The molecule has 0 aliphatic carbocycles. The zero-order valence-corrected chi connectivity index (χ0v) is 8.42. The molecule has 0 aliphatic heterocycles. The molecule has 0 spiro atoms. The lowest BCUT2D eigenvalue weighted by Crippen LogP contribution is -2.12. The van der Waals surface area contributed by atoms with Crippen LogP contribution in [0.4, 0.5) is 0 Å². The van der Waals surface area contributed by atoms with Crippen LogP contribution in [0.5, 0.6) is 0 Å². The van der Waals surface area contributed by atoms with Gasteiger partial charge in [-0.2, -0.15) is 0 Å². The molecule has 74 valence electrons. The fourth-order valence-corrected chi connectivity index (χ4v) is 1.18. The summed E-state index contributed by atoms with van der Waals surface area (Å²) in [6.45, 7) is 6.81. The second-order valence-electron chi connectivity index (χ2n) is 3.17. The van der Waals surface area contributed by atoms with E-state index in [4.69, 9.17) is 0 Å². The van der Waals surface area contributed by atoms with Gasteiger partial charge in [0.05, 0.1) is 0 Å². The normalized spacial score (nSPS) is 9.79. The monoisotopic (exact) mass is 189 g/mol. The maximum Gasteiger partial charge on any atom is 0.159 e. The predicted molar refractivity (Wildman–Crippen MR) is 58.4 cm³/mol. The molecular formula is C12H15NO. The van der Waals surface area contributed by atoms with Gasteiger partial charge < -0.3 is 5.32 Å². The molecule has 0 saturated carbocycles. The summed E-state index contributed by atoms with van der Waals surface area (Å²) in [4.78, 5) is 11.0. The molecule has 0 aromatic heterocycles. The highest BCUT2D eigenvalue weighted by Gasteiger charge is 1.97. The van der Waals surface area contributed by atoms with Gasteiger partial charge in [0, 0.05) is 18.7 Å². The van der Waals surface area contributed by atoms with Crippen LogP contribution in [0.15, 0.2) is 36.9 Å². The largest absolute Gasteiger partial charge is 0.309 e. The van der Waals surface area contributed by atoms with Crippen molar-refractivity contribution in [3.8, 4) is 0 Å².